The Labute approximate surface area is 128 Å². The van der Waals surface area contributed by atoms with E-state index in [9.17, 15) is 4.39 Å². The fourth-order valence-electron chi connectivity index (χ4n) is 2.41. The van der Waals surface area contributed by atoms with Gasteiger partial charge in [-0.3, -0.25) is 0 Å². The van der Waals surface area contributed by atoms with E-state index in [1.165, 1.54) is 17.2 Å². The van der Waals surface area contributed by atoms with Crippen molar-refractivity contribution in [1.82, 2.24) is 0 Å². The summed E-state index contributed by atoms with van der Waals surface area (Å²) in [5.41, 5.74) is 11.8. The van der Waals surface area contributed by atoms with Crippen molar-refractivity contribution in [1.29, 1.82) is 0 Å². The number of benzene rings is 2. The van der Waals surface area contributed by atoms with Gasteiger partial charge in [-0.25, -0.2) is 4.39 Å². The second-order valence-electron chi connectivity index (χ2n) is 5.35. The highest BCUT2D eigenvalue weighted by Gasteiger charge is 2.12. The third kappa shape index (κ3) is 3.28. The molecule has 0 saturated heterocycles. The monoisotopic (exact) mass is 335 g/mol. The molecule has 1 unspecified atom stereocenters. The summed E-state index contributed by atoms with van der Waals surface area (Å²) in [4.78, 5) is 0. The smallest absolute Gasteiger partial charge is 0.123 e. The average Bonchev–Trinajstić information content (AvgIpc) is 2.39. The highest BCUT2D eigenvalue weighted by molar-refractivity contribution is 9.10. The van der Waals surface area contributed by atoms with Crippen LogP contribution in [0.3, 0.4) is 0 Å². The summed E-state index contributed by atoms with van der Waals surface area (Å²) in [6, 6.07) is 8.93. The third-order valence-electron chi connectivity index (χ3n) is 3.64. The van der Waals surface area contributed by atoms with E-state index in [0.717, 1.165) is 21.2 Å². The molecule has 1 atom stereocenters. The maximum atomic E-state index is 13.3. The first-order valence-electron chi connectivity index (χ1n) is 6.65. The summed E-state index contributed by atoms with van der Waals surface area (Å²) in [5, 5.41) is 0. The van der Waals surface area contributed by atoms with E-state index < -0.39 is 0 Å². The molecule has 106 valence electrons. The molecule has 2 aromatic rings. The van der Waals surface area contributed by atoms with Crippen LogP contribution in [0.25, 0.3) is 0 Å². The first-order valence-corrected chi connectivity index (χ1v) is 7.45. The van der Waals surface area contributed by atoms with Crippen molar-refractivity contribution >= 4 is 15.9 Å². The van der Waals surface area contributed by atoms with Crippen molar-refractivity contribution in [2.75, 3.05) is 0 Å². The number of halogens is 2. The number of aryl methyl sites for hydroxylation is 3. The summed E-state index contributed by atoms with van der Waals surface area (Å²) in [5.74, 6) is -0.207. The van der Waals surface area contributed by atoms with E-state index >= 15 is 0 Å². The molecular weight excluding hydrogens is 317 g/mol. The average molecular weight is 336 g/mol. The van der Waals surface area contributed by atoms with Crippen LogP contribution in [0.15, 0.2) is 34.8 Å². The van der Waals surface area contributed by atoms with Crippen LogP contribution in [0.2, 0.25) is 0 Å². The predicted molar refractivity (Wildman–Crippen MR) is 85.4 cm³/mol. The van der Waals surface area contributed by atoms with Crippen molar-refractivity contribution in [3.8, 4) is 0 Å². The van der Waals surface area contributed by atoms with Crippen LogP contribution in [-0.4, -0.2) is 0 Å². The van der Waals surface area contributed by atoms with Gasteiger partial charge in [-0.15, -0.1) is 0 Å². The van der Waals surface area contributed by atoms with Crippen molar-refractivity contribution in [2.24, 2.45) is 5.73 Å². The van der Waals surface area contributed by atoms with E-state index in [4.69, 9.17) is 5.73 Å². The second-order valence-corrected chi connectivity index (χ2v) is 6.14. The van der Waals surface area contributed by atoms with E-state index in [2.05, 4.69) is 41.9 Å². The van der Waals surface area contributed by atoms with Gasteiger partial charge in [-0.2, -0.15) is 0 Å². The normalized spacial score (nSPS) is 12.5. The third-order valence-corrected chi connectivity index (χ3v) is 4.89. The van der Waals surface area contributed by atoms with Crippen LogP contribution in [0.4, 0.5) is 4.39 Å². The predicted octanol–water partition coefficient (Wildman–Crippen LogP) is 4.76. The fourth-order valence-corrected chi connectivity index (χ4v) is 2.64. The zero-order valence-electron chi connectivity index (χ0n) is 12.0. The minimum atomic E-state index is -0.207. The minimum Gasteiger partial charge on any atom is -0.324 e. The molecule has 0 bridgehead atoms. The minimum absolute atomic E-state index is 0.124. The van der Waals surface area contributed by atoms with Gasteiger partial charge in [0.1, 0.15) is 5.82 Å². The summed E-state index contributed by atoms with van der Waals surface area (Å²) >= 11 is 3.56. The first kappa shape index (κ1) is 15.2. The number of hydrogen-bond donors (Lipinski definition) is 1. The van der Waals surface area contributed by atoms with E-state index in [0.29, 0.717) is 6.42 Å². The van der Waals surface area contributed by atoms with Crippen molar-refractivity contribution < 1.29 is 4.39 Å². The van der Waals surface area contributed by atoms with Gasteiger partial charge in [-0.05, 0) is 67.1 Å². The molecule has 0 aliphatic rings. The molecule has 0 amide bonds. The van der Waals surface area contributed by atoms with Gasteiger partial charge in [0, 0.05) is 10.5 Å². The van der Waals surface area contributed by atoms with Crippen LogP contribution in [0.1, 0.15) is 33.9 Å². The summed E-state index contributed by atoms with van der Waals surface area (Å²) in [7, 11) is 0. The van der Waals surface area contributed by atoms with Gasteiger partial charge < -0.3 is 5.73 Å². The highest BCUT2D eigenvalue weighted by atomic mass is 79.9. The molecule has 3 heteroatoms. The number of hydrogen-bond acceptors (Lipinski definition) is 1. The lowest BCUT2D eigenvalue weighted by Gasteiger charge is -2.16. The fraction of sp³-hybridized carbons (Fsp3) is 0.294. The standard InChI is InChI=1S/C17H19BrFN/c1-10-4-5-15(19)8-13(10)9-16(20)14-6-11(2)17(18)12(3)7-14/h4-8,16H,9,20H2,1-3H3. The summed E-state index contributed by atoms with van der Waals surface area (Å²) in [6.45, 7) is 6.10. The van der Waals surface area contributed by atoms with Gasteiger partial charge in [0.05, 0.1) is 0 Å². The zero-order chi connectivity index (χ0) is 14.9. The van der Waals surface area contributed by atoms with Crippen LogP contribution in [-0.2, 0) is 6.42 Å². The van der Waals surface area contributed by atoms with E-state index in [1.807, 2.05) is 6.92 Å². The van der Waals surface area contributed by atoms with Crippen molar-refractivity contribution in [3.63, 3.8) is 0 Å². The van der Waals surface area contributed by atoms with Crippen LogP contribution in [0.5, 0.6) is 0 Å². The molecule has 0 aliphatic carbocycles. The molecule has 2 N–H and O–H groups in total. The molecule has 0 aromatic heterocycles. The molecule has 0 fully saturated rings. The molecular formula is C17H19BrFN. The Morgan fingerprint density at radius 3 is 2.25 bits per heavy atom. The first-order chi connectivity index (χ1) is 9.38. The summed E-state index contributed by atoms with van der Waals surface area (Å²) < 4.78 is 14.5. The molecule has 1 nitrogen and oxygen atoms in total. The lowest BCUT2D eigenvalue weighted by atomic mass is 9.94. The lowest BCUT2D eigenvalue weighted by molar-refractivity contribution is 0.621. The maximum Gasteiger partial charge on any atom is 0.123 e. The second kappa shape index (κ2) is 6.06. The van der Waals surface area contributed by atoms with Gasteiger partial charge in [0.25, 0.3) is 0 Å². The largest absolute Gasteiger partial charge is 0.324 e. The van der Waals surface area contributed by atoms with Crippen molar-refractivity contribution in [3.05, 3.63) is 68.4 Å². The SMILES string of the molecule is Cc1ccc(F)cc1CC(N)c1cc(C)c(Br)c(C)c1. The molecule has 0 heterocycles. The van der Waals surface area contributed by atoms with Crippen molar-refractivity contribution in [2.45, 2.75) is 33.2 Å². The Morgan fingerprint density at radius 2 is 1.65 bits per heavy atom. The topological polar surface area (TPSA) is 26.0 Å². The zero-order valence-corrected chi connectivity index (χ0v) is 13.6. The Hall–Kier alpha value is -1.19. The molecule has 0 radical (unpaired) electrons. The molecule has 20 heavy (non-hydrogen) atoms. The summed E-state index contributed by atoms with van der Waals surface area (Å²) in [6.07, 6.45) is 0.643. The maximum absolute atomic E-state index is 13.3. The van der Waals surface area contributed by atoms with E-state index in [-0.39, 0.29) is 11.9 Å². The van der Waals surface area contributed by atoms with Gasteiger partial charge in [-0.1, -0.05) is 34.1 Å². The van der Waals surface area contributed by atoms with Crippen LogP contribution in [0, 0.1) is 26.6 Å². The Kier molecular flexibility index (Phi) is 4.61. The molecule has 2 aromatic carbocycles. The Bertz CT molecular complexity index is 614. The highest BCUT2D eigenvalue weighted by Crippen LogP contribution is 2.27. The number of rotatable bonds is 3. The van der Waals surface area contributed by atoms with Crippen LogP contribution >= 0.6 is 15.9 Å². The van der Waals surface area contributed by atoms with Gasteiger partial charge in [0.2, 0.25) is 0 Å². The lowest BCUT2D eigenvalue weighted by Crippen LogP contribution is -2.14. The molecule has 0 saturated carbocycles. The van der Waals surface area contributed by atoms with Gasteiger partial charge >= 0.3 is 0 Å². The van der Waals surface area contributed by atoms with Gasteiger partial charge in [0.15, 0.2) is 0 Å². The number of nitrogens with two attached hydrogens (primary N) is 1. The van der Waals surface area contributed by atoms with Crippen LogP contribution < -0.4 is 5.73 Å². The quantitative estimate of drug-likeness (QED) is 0.860. The molecule has 2 rings (SSSR count). The Morgan fingerprint density at radius 1 is 1.05 bits per heavy atom. The Balaban J connectivity index is 2.28. The van der Waals surface area contributed by atoms with E-state index in [1.54, 1.807) is 12.1 Å². The molecule has 0 aliphatic heterocycles. The molecule has 0 spiro atoms.